The van der Waals surface area contributed by atoms with Gasteiger partial charge in [0.05, 0.1) is 0 Å². The number of nitrogens with two attached hydrogens (primary N) is 2. The van der Waals surface area contributed by atoms with Crippen LogP contribution in [-0.2, 0) is 13.1 Å². The van der Waals surface area contributed by atoms with E-state index in [1.54, 1.807) is 18.2 Å². The molecule has 8 heteroatoms. The van der Waals surface area contributed by atoms with Gasteiger partial charge < -0.3 is 26.3 Å². The van der Waals surface area contributed by atoms with Crippen LogP contribution < -0.4 is 21.7 Å². The van der Waals surface area contributed by atoms with Crippen LogP contribution in [0.5, 0.6) is 0 Å². The van der Waals surface area contributed by atoms with E-state index in [1.807, 2.05) is 34.9 Å². The van der Waals surface area contributed by atoms with Crippen LogP contribution in [0.25, 0.3) is 10.9 Å². The molecule has 0 atom stereocenters. The molecule has 8 nitrogen and oxygen atoms in total. The van der Waals surface area contributed by atoms with Gasteiger partial charge in [0.1, 0.15) is 11.5 Å². The van der Waals surface area contributed by atoms with Crippen LogP contribution in [-0.4, -0.2) is 35.3 Å². The average Bonchev–Trinajstić information content (AvgIpc) is 3.56. The van der Waals surface area contributed by atoms with Gasteiger partial charge in [0.25, 0.3) is 5.91 Å². The minimum Gasteiger partial charge on any atom is -0.384 e. The monoisotopic (exact) mass is 494 g/mol. The Kier molecular flexibility index (Phi) is 6.64. The number of fused-ring (bicyclic) bond motifs is 1. The van der Waals surface area contributed by atoms with Crippen LogP contribution in [0, 0.1) is 5.41 Å². The van der Waals surface area contributed by atoms with Crippen molar-refractivity contribution in [1.82, 2.24) is 9.88 Å². The van der Waals surface area contributed by atoms with Crippen LogP contribution in [0.2, 0.25) is 0 Å². The molecule has 2 amide bonds. The molecule has 3 aromatic carbocycles. The number of carbonyl (C=O) groups is 2. The summed E-state index contributed by atoms with van der Waals surface area (Å²) < 4.78 is 1.91. The molecule has 1 aliphatic rings. The van der Waals surface area contributed by atoms with E-state index < -0.39 is 5.91 Å². The van der Waals surface area contributed by atoms with Gasteiger partial charge in [0.2, 0.25) is 5.91 Å². The normalized spacial score (nSPS) is 13.1. The summed E-state index contributed by atoms with van der Waals surface area (Å²) >= 11 is 0. The number of amides is 2. The Morgan fingerprint density at radius 1 is 0.838 bits per heavy atom. The number of nitrogen functional groups attached to an aromatic ring is 1. The fraction of sp³-hybridized carbons (Fsp3) is 0.207. The lowest BCUT2D eigenvalue weighted by Crippen LogP contribution is -2.25. The molecule has 1 aliphatic heterocycles. The average molecular weight is 495 g/mol. The lowest BCUT2D eigenvalue weighted by molar-refractivity contribution is 0.0941. The number of rotatable bonds is 8. The first-order chi connectivity index (χ1) is 17.9. The molecule has 0 spiro atoms. The number of benzene rings is 3. The molecule has 1 aromatic heterocycles. The molecule has 5 rings (SSSR count). The van der Waals surface area contributed by atoms with Gasteiger partial charge in [-0.1, -0.05) is 36.4 Å². The second kappa shape index (κ2) is 10.2. The van der Waals surface area contributed by atoms with Gasteiger partial charge in [-0.3, -0.25) is 15.0 Å². The minimum atomic E-state index is -0.488. The maximum atomic E-state index is 13.4. The van der Waals surface area contributed by atoms with E-state index in [1.165, 1.54) is 18.5 Å². The Bertz CT molecular complexity index is 1470. The van der Waals surface area contributed by atoms with Crippen molar-refractivity contribution in [2.24, 2.45) is 11.5 Å². The number of primary amides is 1. The molecule has 1 saturated heterocycles. The van der Waals surface area contributed by atoms with Crippen LogP contribution >= 0.6 is 0 Å². The molecule has 2 heterocycles. The predicted molar refractivity (Wildman–Crippen MR) is 146 cm³/mol. The van der Waals surface area contributed by atoms with E-state index in [9.17, 15) is 9.59 Å². The van der Waals surface area contributed by atoms with Crippen molar-refractivity contribution < 1.29 is 9.59 Å². The molecular formula is C29H30N6O2. The highest BCUT2D eigenvalue weighted by atomic mass is 16.2. The van der Waals surface area contributed by atoms with Gasteiger partial charge >= 0.3 is 0 Å². The Balaban J connectivity index is 1.40. The number of amidine groups is 1. The summed E-state index contributed by atoms with van der Waals surface area (Å²) in [6, 6.07) is 22.7. The van der Waals surface area contributed by atoms with Gasteiger partial charge in [-0.05, 0) is 60.4 Å². The fourth-order valence-electron chi connectivity index (χ4n) is 4.81. The Hall–Kier alpha value is -4.59. The van der Waals surface area contributed by atoms with E-state index in [0.29, 0.717) is 29.9 Å². The van der Waals surface area contributed by atoms with Gasteiger partial charge in [-0.25, -0.2) is 0 Å². The van der Waals surface area contributed by atoms with Crippen molar-refractivity contribution in [3.63, 3.8) is 0 Å². The summed E-state index contributed by atoms with van der Waals surface area (Å²) in [5.74, 6) is -0.723. The standard InChI is InChI=1S/C29H30N6O2/c30-27(31)23-10-9-22-15-26(35(25(22)16-23)18-20-3-7-21(8-4-20)28(32)36)29(37)33-17-19-5-11-24(12-6-19)34-13-1-2-14-34/h3-12,15-16H,1-2,13-14,17-18H2,(H3,30,31)(H2,32,36)(H,33,37). The van der Waals surface area contributed by atoms with E-state index in [4.69, 9.17) is 16.9 Å². The molecule has 37 heavy (non-hydrogen) atoms. The number of nitrogens with one attached hydrogen (secondary N) is 2. The van der Waals surface area contributed by atoms with Crippen LogP contribution in [0.3, 0.4) is 0 Å². The zero-order valence-electron chi connectivity index (χ0n) is 20.5. The summed E-state index contributed by atoms with van der Waals surface area (Å²) in [6.45, 7) is 3.00. The SMILES string of the molecule is N=C(N)c1ccc2cc(C(=O)NCc3ccc(N4CCCC4)cc3)n(Cc3ccc(C(N)=O)cc3)c2c1. The van der Waals surface area contributed by atoms with E-state index in [0.717, 1.165) is 35.1 Å². The highest BCUT2D eigenvalue weighted by Crippen LogP contribution is 2.24. The number of hydrogen-bond acceptors (Lipinski definition) is 4. The maximum Gasteiger partial charge on any atom is 0.268 e. The molecule has 0 bridgehead atoms. The number of aromatic nitrogens is 1. The van der Waals surface area contributed by atoms with E-state index in [-0.39, 0.29) is 11.7 Å². The quantitative estimate of drug-likeness (QED) is 0.220. The molecular weight excluding hydrogens is 464 g/mol. The first-order valence-electron chi connectivity index (χ1n) is 12.4. The lowest BCUT2D eigenvalue weighted by atomic mass is 10.1. The minimum absolute atomic E-state index is 0.0381. The summed E-state index contributed by atoms with van der Waals surface area (Å²) in [5.41, 5.74) is 16.6. The van der Waals surface area contributed by atoms with Gasteiger partial charge in [0.15, 0.2) is 0 Å². The lowest BCUT2D eigenvalue weighted by Gasteiger charge is -2.17. The number of anilines is 1. The fourth-order valence-corrected chi connectivity index (χ4v) is 4.81. The van der Waals surface area contributed by atoms with Gasteiger partial charge in [-0.2, -0.15) is 0 Å². The van der Waals surface area contributed by atoms with Crippen molar-refractivity contribution in [1.29, 1.82) is 5.41 Å². The molecule has 6 N–H and O–H groups in total. The predicted octanol–water partition coefficient (Wildman–Crippen LogP) is 3.60. The third-order valence-electron chi connectivity index (χ3n) is 6.89. The summed E-state index contributed by atoms with van der Waals surface area (Å²) in [6.07, 6.45) is 2.46. The topological polar surface area (TPSA) is 130 Å². The second-order valence-corrected chi connectivity index (χ2v) is 9.41. The summed E-state index contributed by atoms with van der Waals surface area (Å²) in [4.78, 5) is 27.2. The van der Waals surface area contributed by atoms with Crippen molar-refractivity contribution in [2.75, 3.05) is 18.0 Å². The van der Waals surface area contributed by atoms with Crippen LogP contribution in [0.1, 0.15) is 50.4 Å². The molecule has 188 valence electrons. The van der Waals surface area contributed by atoms with Crippen LogP contribution in [0.15, 0.2) is 72.8 Å². The van der Waals surface area contributed by atoms with Crippen molar-refractivity contribution in [2.45, 2.75) is 25.9 Å². The zero-order chi connectivity index (χ0) is 25.9. The summed E-state index contributed by atoms with van der Waals surface area (Å²) in [7, 11) is 0. The van der Waals surface area contributed by atoms with E-state index in [2.05, 4.69) is 34.5 Å². The van der Waals surface area contributed by atoms with E-state index >= 15 is 0 Å². The molecule has 0 radical (unpaired) electrons. The molecule has 0 aliphatic carbocycles. The third kappa shape index (κ3) is 5.18. The highest BCUT2D eigenvalue weighted by molar-refractivity contribution is 6.02. The first kappa shape index (κ1) is 24.1. The molecule has 4 aromatic rings. The zero-order valence-corrected chi connectivity index (χ0v) is 20.5. The van der Waals surface area contributed by atoms with Gasteiger partial charge in [-0.15, -0.1) is 0 Å². The van der Waals surface area contributed by atoms with Crippen molar-refractivity contribution >= 4 is 34.2 Å². The maximum absolute atomic E-state index is 13.4. The highest BCUT2D eigenvalue weighted by Gasteiger charge is 2.17. The number of hydrogen-bond donors (Lipinski definition) is 4. The molecule has 0 saturated carbocycles. The molecule has 0 unspecified atom stereocenters. The Labute approximate surface area is 215 Å². The number of nitrogens with zero attached hydrogens (tertiary/aromatic N) is 2. The smallest absolute Gasteiger partial charge is 0.268 e. The largest absolute Gasteiger partial charge is 0.384 e. The molecule has 1 fully saturated rings. The van der Waals surface area contributed by atoms with Crippen molar-refractivity contribution in [3.05, 3.63) is 101 Å². The number of carbonyl (C=O) groups excluding carboxylic acids is 2. The van der Waals surface area contributed by atoms with Crippen molar-refractivity contribution in [3.8, 4) is 0 Å². The third-order valence-corrected chi connectivity index (χ3v) is 6.89. The Morgan fingerprint density at radius 2 is 1.49 bits per heavy atom. The first-order valence-corrected chi connectivity index (χ1v) is 12.4. The second-order valence-electron chi connectivity index (χ2n) is 9.41. The van der Waals surface area contributed by atoms with Gasteiger partial charge in [0, 0.05) is 53.9 Å². The summed E-state index contributed by atoms with van der Waals surface area (Å²) in [5, 5.41) is 11.8. The van der Waals surface area contributed by atoms with Crippen LogP contribution in [0.4, 0.5) is 5.69 Å². The Morgan fingerprint density at radius 3 is 2.14 bits per heavy atom.